The van der Waals surface area contributed by atoms with Crippen molar-refractivity contribution in [1.29, 1.82) is 0 Å². The zero-order valence-corrected chi connectivity index (χ0v) is 20.1. The number of fused-ring (bicyclic) bond motifs is 1. The number of benzene rings is 2. The summed E-state index contributed by atoms with van der Waals surface area (Å²) in [6.07, 6.45) is 2.84. The molecule has 2 aromatic carbocycles. The average Bonchev–Trinajstić information content (AvgIpc) is 3.27. The van der Waals surface area contributed by atoms with Crippen molar-refractivity contribution in [3.05, 3.63) is 88.3 Å². The lowest BCUT2D eigenvalue weighted by atomic mass is 9.92. The molecule has 1 aromatic heterocycles. The predicted molar refractivity (Wildman–Crippen MR) is 126 cm³/mol. The van der Waals surface area contributed by atoms with E-state index in [2.05, 4.69) is 21.2 Å². The van der Waals surface area contributed by atoms with Gasteiger partial charge in [-0.2, -0.15) is 4.31 Å². The number of furan rings is 1. The van der Waals surface area contributed by atoms with Gasteiger partial charge in [-0.05, 0) is 60.9 Å². The van der Waals surface area contributed by atoms with E-state index in [1.165, 1.54) is 4.31 Å². The summed E-state index contributed by atoms with van der Waals surface area (Å²) in [7, 11) is -3.77. The summed E-state index contributed by atoms with van der Waals surface area (Å²) < 4.78 is 34.6. The van der Waals surface area contributed by atoms with Crippen LogP contribution in [-0.4, -0.2) is 31.2 Å². The highest BCUT2D eigenvalue weighted by atomic mass is 79.9. The standard InChI is InChI=1S/C24H25BrN2O4S/c1-17(15-20-6-4-14-31-20)26-24(28)16-23-22-7-3-2-5-18(22)12-13-27(23)32(29,30)21-10-8-19(25)9-11-21/h2-11,14,17,23H,12-13,15-16H2,1H3,(H,26,28)/t17-,23-/m0/s1. The van der Waals surface area contributed by atoms with E-state index >= 15 is 0 Å². The first-order valence-corrected chi connectivity index (χ1v) is 12.7. The lowest BCUT2D eigenvalue weighted by Crippen LogP contribution is -2.43. The van der Waals surface area contributed by atoms with Gasteiger partial charge in [-0.25, -0.2) is 8.42 Å². The Kier molecular flexibility index (Phi) is 6.83. The fraction of sp³-hybridized carbons (Fsp3) is 0.292. The molecule has 0 unspecified atom stereocenters. The van der Waals surface area contributed by atoms with Crippen molar-refractivity contribution in [3.63, 3.8) is 0 Å². The molecule has 3 aromatic rings. The maximum Gasteiger partial charge on any atom is 0.243 e. The molecule has 0 saturated carbocycles. The van der Waals surface area contributed by atoms with Crippen LogP contribution in [0.25, 0.3) is 0 Å². The molecule has 0 saturated heterocycles. The Labute approximate surface area is 196 Å². The summed E-state index contributed by atoms with van der Waals surface area (Å²) in [5.74, 6) is 0.599. The zero-order valence-electron chi connectivity index (χ0n) is 17.7. The Balaban J connectivity index is 1.58. The first-order valence-electron chi connectivity index (χ1n) is 10.5. The number of hydrogen-bond donors (Lipinski definition) is 1. The van der Waals surface area contributed by atoms with Crippen LogP contribution in [0.2, 0.25) is 0 Å². The van der Waals surface area contributed by atoms with Crippen LogP contribution in [0.5, 0.6) is 0 Å². The van der Waals surface area contributed by atoms with Gasteiger partial charge >= 0.3 is 0 Å². The van der Waals surface area contributed by atoms with Crippen LogP contribution in [0.15, 0.2) is 80.7 Å². The SMILES string of the molecule is C[C@@H](Cc1ccco1)NC(=O)C[C@H]1c2ccccc2CCN1S(=O)(=O)c1ccc(Br)cc1. The van der Waals surface area contributed by atoms with Crippen molar-refractivity contribution in [2.24, 2.45) is 0 Å². The van der Waals surface area contributed by atoms with Crippen molar-refractivity contribution in [1.82, 2.24) is 9.62 Å². The van der Waals surface area contributed by atoms with Gasteiger partial charge in [0.2, 0.25) is 15.9 Å². The van der Waals surface area contributed by atoms with Crippen molar-refractivity contribution < 1.29 is 17.6 Å². The lowest BCUT2D eigenvalue weighted by molar-refractivity contribution is -0.122. The Bertz CT molecular complexity index is 1180. The minimum absolute atomic E-state index is 0.0509. The largest absolute Gasteiger partial charge is 0.469 e. The van der Waals surface area contributed by atoms with E-state index in [0.717, 1.165) is 21.4 Å². The molecule has 0 spiro atoms. The minimum Gasteiger partial charge on any atom is -0.469 e. The van der Waals surface area contributed by atoms with E-state index in [1.54, 1.807) is 30.5 Å². The predicted octanol–water partition coefficient (Wildman–Crippen LogP) is 4.47. The van der Waals surface area contributed by atoms with E-state index in [9.17, 15) is 13.2 Å². The molecule has 1 aliphatic rings. The molecule has 32 heavy (non-hydrogen) atoms. The van der Waals surface area contributed by atoms with Gasteiger partial charge in [0.15, 0.2) is 0 Å². The maximum atomic E-state index is 13.5. The molecule has 0 radical (unpaired) electrons. The van der Waals surface area contributed by atoms with Gasteiger partial charge in [-0.15, -0.1) is 0 Å². The molecule has 1 aliphatic heterocycles. The van der Waals surface area contributed by atoms with E-state index in [4.69, 9.17) is 4.42 Å². The van der Waals surface area contributed by atoms with Gasteiger partial charge in [0.1, 0.15) is 5.76 Å². The van der Waals surface area contributed by atoms with Crippen LogP contribution in [0.3, 0.4) is 0 Å². The zero-order chi connectivity index (χ0) is 22.7. The van der Waals surface area contributed by atoms with Crippen LogP contribution in [0, 0.1) is 0 Å². The molecule has 1 N–H and O–H groups in total. The summed E-state index contributed by atoms with van der Waals surface area (Å²) in [6.45, 7) is 2.24. The number of carbonyl (C=O) groups excluding carboxylic acids is 1. The number of halogens is 1. The van der Waals surface area contributed by atoms with Crippen molar-refractivity contribution in [2.45, 2.75) is 43.2 Å². The van der Waals surface area contributed by atoms with Crippen LogP contribution in [0.4, 0.5) is 0 Å². The molecule has 168 valence electrons. The van der Waals surface area contributed by atoms with Crippen molar-refractivity contribution in [3.8, 4) is 0 Å². The Morgan fingerprint density at radius 3 is 2.62 bits per heavy atom. The number of amides is 1. The van der Waals surface area contributed by atoms with Gasteiger partial charge < -0.3 is 9.73 Å². The summed E-state index contributed by atoms with van der Waals surface area (Å²) in [5.41, 5.74) is 1.96. The normalized spacial score (nSPS) is 17.5. The monoisotopic (exact) mass is 516 g/mol. The number of sulfonamides is 1. The van der Waals surface area contributed by atoms with Gasteiger partial charge in [0, 0.05) is 29.9 Å². The fourth-order valence-electron chi connectivity index (χ4n) is 4.16. The van der Waals surface area contributed by atoms with Gasteiger partial charge in [-0.3, -0.25) is 4.79 Å². The molecule has 1 amide bonds. The van der Waals surface area contributed by atoms with Crippen LogP contribution >= 0.6 is 15.9 Å². The number of rotatable bonds is 7. The number of nitrogens with one attached hydrogen (secondary N) is 1. The molecule has 0 fully saturated rings. The highest BCUT2D eigenvalue weighted by Crippen LogP contribution is 2.36. The van der Waals surface area contributed by atoms with E-state index in [1.807, 2.05) is 43.3 Å². The molecule has 6 nitrogen and oxygen atoms in total. The summed E-state index contributed by atoms with van der Waals surface area (Å²) in [6, 6.07) is 17.3. The van der Waals surface area contributed by atoms with Gasteiger partial charge in [-0.1, -0.05) is 40.2 Å². The van der Waals surface area contributed by atoms with E-state index in [-0.39, 0.29) is 23.3 Å². The van der Waals surface area contributed by atoms with E-state index < -0.39 is 16.1 Å². The number of nitrogens with zero attached hydrogens (tertiary/aromatic N) is 1. The average molecular weight is 517 g/mol. The third-order valence-corrected chi connectivity index (χ3v) is 8.11. The van der Waals surface area contributed by atoms with Crippen LogP contribution in [-0.2, 0) is 27.7 Å². The fourth-order valence-corrected chi connectivity index (χ4v) is 6.03. The second kappa shape index (κ2) is 9.60. The Morgan fingerprint density at radius 2 is 1.91 bits per heavy atom. The third-order valence-electron chi connectivity index (χ3n) is 5.66. The van der Waals surface area contributed by atoms with Crippen molar-refractivity contribution >= 4 is 31.9 Å². The second-order valence-corrected chi connectivity index (χ2v) is 10.8. The smallest absolute Gasteiger partial charge is 0.243 e. The number of hydrogen-bond acceptors (Lipinski definition) is 4. The number of carbonyl (C=O) groups is 1. The first-order chi connectivity index (χ1) is 15.3. The third kappa shape index (κ3) is 4.98. The first kappa shape index (κ1) is 22.8. The van der Waals surface area contributed by atoms with Crippen molar-refractivity contribution in [2.75, 3.05) is 6.54 Å². The summed E-state index contributed by atoms with van der Waals surface area (Å²) >= 11 is 3.35. The quantitative estimate of drug-likeness (QED) is 0.502. The minimum atomic E-state index is -3.77. The molecule has 4 rings (SSSR count). The molecule has 8 heteroatoms. The van der Waals surface area contributed by atoms with E-state index in [0.29, 0.717) is 19.4 Å². The maximum absolute atomic E-state index is 13.5. The highest BCUT2D eigenvalue weighted by Gasteiger charge is 2.37. The van der Waals surface area contributed by atoms with Gasteiger partial charge in [0.25, 0.3) is 0 Å². The van der Waals surface area contributed by atoms with Gasteiger partial charge in [0.05, 0.1) is 17.2 Å². The molecule has 2 atom stereocenters. The molecule has 0 bridgehead atoms. The second-order valence-electron chi connectivity index (χ2n) is 7.99. The molecular weight excluding hydrogens is 492 g/mol. The summed E-state index contributed by atoms with van der Waals surface area (Å²) in [4.78, 5) is 13.2. The van der Waals surface area contributed by atoms with Crippen LogP contribution in [0.1, 0.15) is 36.3 Å². The highest BCUT2D eigenvalue weighted by molar-refractivity contribution is 9.10. The molecule has 2 heterocycles. The summed E-state index contributed by atoms with van der Waals surface area (Å²) in [5, 5.41) is 2.99. The topological polar surface area (TPSA) is 79.6 Å². The lowest BCUT2D eigenvalue weighted by Gasteiger charge is -2.36. The molecule has 0 aliphatic carbocycles. The molecular formula is C24H25BrN2O4S. The Morgan fingerprint density at radius 1 is 1.16 bits per heavy atom. The van der Waals surface area contributed by atoms with Crippen LogP contribution < -0.4 is 5.32 Å². The Hall–Kier alpha value is -2.42.